The van der Waals surface area contributed by atoms with Crippen molar-refractivity contribution in [2.24, 2.45) is 0 Å². The lowest BCUT2D eigenvalue weighted by atomic mass is 10.0. The predicted molar refractivity (Wildman–Crippen MR) is 268 cm³/mol. The van der Waals surface area contributed by atoms with E-state index in [1.807, 2.05) is 6.08 Å². The number of allylic oxidation sites excluding steroid dienone is 5. The van der Waals surface area contributed by atoms with E-state index < -0.39 is 18.2 Å². The summed E-state index contributed by atoms with van der Waals surface area (Å²) in [4.78, 5) is 12.5. The molecule has 0 aromatic heterocycles. The van der Waals surface area contributed by atoms with Crippen LogP contribution < -0.4 is 5.32 Å². The fraction of sp³-hybridized carbons (Fsp3) is 0.875. The Kier molecular flexibility index (Phi) is 50.0. The lowest BCUT2D eigenvalue weighted by Gasteiger charge is -2.21. The molecule has 0 aromatic rings. The summed E-state index contributed by atoms with van der Waals surface area (Å²) in [5.41, 5.74) is 0. The van der Waals surface area contributed by atoms with Crippen LogP contribution in [-0.2, 0) is 4.79 Å². The molecule has 3 unspecified atom stereocenters. The van der Waals surface area contributed by atoms with Gasteiger partial charge in [-0.1, -0.05) is 269 Å². The van der Waals surface area contributed by atoms with Gasteiger partial charge in [-0.15, -0.1) is 0 Å². The molecular weight excluding hydrogens is 751 g/mol. The molecule has 0 radical (unpaired) electrons. The lowest BCUT2D eigenvalue weighted by molar-refractivity contribution is -0.124. The molecule has 0 rings (SSSR count). The van der Waals surface area contributed by atoms with Crippen molar-refractivity contribution in [2.45, 2.75) is 308 Å². The molecule has 0 saturated heterocycles. The molecule has 1 amide bonds. The highest BCUT2D eigenvalue weighted by atomic mass is 16.3. The zero-order chi connectivity index (χ0) is 44.4. The van der Waals surface area contributed by atoms with Gasteiger partial charge in [-0.05, 0) is 51.4 Å². The number of hydrogen-bond donors (Lipinski definition) is 4. The average Bonchev–Trinajstić information content (AvgIpc) is 3.25. The largest absolute Gasteiger partial charge is 0.394 e. The molecule has 4 N–H and O–H groups in total. The second-order valence-electron chi connectivity index (χ2n) is 18.8. The van der Waals surface area contributed by atoms with Crippen LogP contribution >= 0.6 is 0 Å². The fourth-order valence-corrected chi connectivity index (χ4v) is 8.49. The Hall–Kier alpha value is -1.43. The number of carbonyl (C=O) groups is 1. The molecule has 0 aliphatic heterocycles. The zero-order valence-electron chi connectivity index (χ0n) is 41.1. The lowest BCUT2D eigenvalue weighted by Crippen LogP contribution is -2.45. The molecule has 0 aliphatic carbocycles. The number of unbranched alkanes of at least 4 members (excludes halogenated alkanes) is 37. The van der Waals surface area contributed by atoms with Crippen LogP contribution in [0.5, 0.6) is 0 Å². The second-order valence-corrected chi connectivity index (χ2v) is 18.8. The highest BCUT2D eigenvalue weighted by Crippen LogP contribution is 2.17. The average molecular weight is 858 g/mol. The number of aliphatic hydroxyl groups is 3. The van der Waals surface area contributed by atoms with Gasteiger partial charge in [0.1, 0.15) is 0 Å². The Labute approximate surface area is 381 Å². The molecule has 61 heavy (non-hydrogen) atoms. The third kappa shape index (κ3) is 47.9. The first-order valence-electron chi connectivity index (χ1n) is 27.3. The van der Waals surface area contributed by atoms with E-state index in [-0.39, 0.29) is 18.9 Å². The first-order chi connectivity index (χ1) is 30.0. The summed E-state index contributed by atoms with van der Waals surface area (Å²) in [6, 6.07) is -0.744. The first-order valence-corrected chi connectivity index (χ1v) is 27.3. The molecule has 5 heteroatoms. The van der Waals surface area contributed by atoms with E-state index in [1.54, 1.807) is 6.08 Å². The van der Waals surface area contributed by atoms with Crippen molar-refractivity contribution in [1.29, 1.82) is 0 Å². The molecular formula is C56H107NO4. The molecule has 0 heterocycles. The van der Waals surface area contributed by atoms with E-state index in [9.17, 15) is 20.1 Å². The SMILES string of the molecule is CCCCCCCCCCC/C=C\C/C=C\CCCCCCCCCCCCCCCC(O)CC(=O)NC(CO)C(O)/C=C/CCCCCCCCCCCCCCCCC. The van der Waals surface area contributed by atoms with Crippen molar-refractivity contribution in [3.05, 3.63) is 36.5 Å². The quantitative estimate of drug-likeness (QED) is 0.0362. The van der Waals surface area contributed by atoms with E-state index in [4.69, 9.17) is 0 Å². The van der Waals surface area contributed by atoms with Crippen molar-refractivity contribution in [1.82, 2.24) is 5.32 Å². The molecule has 0 spiro atoms. The summed E-state index contributed by atoms with van der Waals surface area (Å²) in [5, 5.41) is 33.4. The summed E-state index contributed by atoms with van der Waals surface area (Å²) in [5.74, 6) is -0.313. The summed E-state index contributed by atoms with van der Waals surface area (Å²) in [7, 11) is 0. The van der Waals surface area contributed by atoms with Crippen LogP contribution in [0.1, 0.15) is 290 Å². The Morgan fingerprint density at radius 2 is 0.738 bits per heavy atom. The molecule has 0 aromatic carbocycles. The van der Waals surface area contributed by atoms with Gasteiger partial charge in [-0.25, -0.2) is 0 Å². The van der Waals surface area contributed by atoms with E-state index in [0.29, 0.717) is 6.42 Å². The van der Waals surface area contributed by atoms with E-state index >= 15 is 0 Å². The minimum absolute atomic E-state index is 0.0143. The summed E-state index contributed by atoms with van der Waals surface area (Å²) in [6.07, 6.45) is 66.1. The van der Waals surface area contributed by atoms with Gasteiger partial charge in [0.25, 0.3) is 0 Å². The van der Waals surface area contributed by atoms with Crippen LogP contribution in [0.2, 0.25) is 0 Å². The van der Waals surface area contributed by atoms with Gasteiger partial charge < -0.3 is 20.6 Å². The minimum Gasteiger partial charge on any atom is -0.394 e. The minimum atomic E-state index is -0.929. The number of aliphatic hydroxyl groups excluding tert-OH is 3. The standard InChI is InChI=1S/C56H107NO4/c1-3-5-7-9-11-13-15-17-19-21-22-23-24-25-26-27-28-29-30-31-32-34-35-37-39-41-43-45-47-49-53(59)51-56(61)57-54(52-58)55(60)50-48-46-44-42-40-38-36-33-20-18-16-14-12-10-8-6-4-2/h22-23,25-26,48,50,53-55,58-60H,3-21,24,27-47,49,51-52H2,1-2H3,(H,57,61)/b23-22-,26-25-,50-48+. The number of rotatable bonds is 50. The van der Waals surface area contributed by atoms with Gasteiger partial charge >= 0.3 is 0 Å². The fourth-order valence-electron chi connectivity index (χ4n) is 8.49. The van der Waals surface area contributed by atoms with Crippen molar-refractivity contribution in [2.75, 3.05) is 6.61 Å². The molecule has 0 aliphatic rings. The van der Waals surface area contributed by atoms with Crippen LogP contribution in [0.15, 0.2) is 36.5 Å². The van der Waals surface area contributed by atoms with Gasteiger partial charge in [0.2, 0.25) is 5.91 Å². The monoisotopic (exact) mass is 858 g/mol. The van der Waals surface area contributed by atoms with Crippen LogP contribution in [-0.4, -0.2) is 46.1 Å². The topological polar surface area (TPSA) is 89.8 Å². The Balaban J connectivity index is 3.56. The third-order valence-corrected chi connectivity index (χ3v) is 12.7. The van der Waals surface area contributed by atoms with E-state index in [1.165, 1.54) is 231 Å². The van der Waals surface area contributed by atoms with Gasteiger partial charge in [0, 0.05) is 0 Å². The zero-order valence-corrected chi connectivity index (χ0v) is 41.1. The van der Waals surface area contributed by atoms with Gasteiger partial charge in [-0.3, -0.25) is 4.79 Å². The van der Waals surface area contributed by atoms with Crippen molar-refractivity contribution >= 4 is 5.91 Å². The maximum Gasteiger partial charge on any atom is 0.222 e. The van der Waals surface area contributed by atoms with Crippen LogP contribution in [0, 0.1) is 0 Å². The number of hydrogen-bond acceptors (Lipinski definition) is 4. The highest BCUT2D eigenvalue weighted by Gasteiger charge is 2.20. The number of carbonyl (C=O) groups excluding carboxylic acids is 1. The van der Waals surface area contributed by atoms with Crippen LogP contribution in [0.25, 0.3) is 0 Å². The summed E-state index contributed by atoms with van der Waals surface area (Å²) in [6.45, 7) is 4.24. The second kappa shape index (κ2) is 51.2. The first kappa shape index (κ1) is 59.6. The van der Waals surface area contributed by atoms with Crippen LogP contribution in [0.4, 0.5) is 0 Å². The van der Waals surface area contributed by atoms with Crippen molar-refractivity contribution in [3.8, 4) is 0 Å². The maximum atomic E-state index is 12.5. The maximum absolute atomic E-state index is 12.5. The summed E-state index contributed by atoms with van der Waals surface area (Å²) < 4.78 is 0. The third-order valence-electron chi connectivity index (χ3n) is 12.7. The molecule has 0 fully saturated rings. The number of amides is 1. The molecule has 360 valence electrons. The molecule has 0 saturated carbocycles. The van der Waals surface area contributed by atoms with Gasteiger partial charge in [-0.2, -0.15) is 0 Å². The van der Waals surface area contributed by atoms with Crippen LogP contribution in [0.3, 0.4) is 0 Å². The van der Waals surface area contributed by atoms with Crippen molar-refractivity contribution in [3.63, 3.8) is 0 Å². The Bertz CT molecular complexity index is 947. The summed E-state index contributed by atoms with van der Waals surface area (Å²) >= 11 is 0. The van der Waals surface area contributed by atoms with Gasteiger partial charge in [0.05, 0.1) is 31.3 Å². The number of nitrogens with one attached hydrogen (secondary N) is 1. The van der Waals surface area contributed by atoms with E-state index in [2.05, 4.69) is 43.5 Å². The predicted octanol–water partition coefficient (Wildman–Crippen LogP) is 16.7. The highest BCUT2D eigenvalue weighted by molar-refractivity contribution is 5.76. The smallest absolute Gasteiger partial charge is 0.222 e. The van der Waals surface area contributed by atoms with E-state index in [0.717, 1.165) is 32.1 Å². The Morgan fingerprint density at radius 1 is 0.426 bits per heavy atom. The Morgan fingerprint density at radius 3 is 1.08 bits per heavy atom. The molecule has 3 atom stereocenters. The van der Waals surface area contributed by atoms with Gasteiger partial charge in [0.15, 0.2) is 0 Å². The van der Waals surface area contributed by atoms with Crippen molar-refractivity contribution < 1.29 is 20.1 Å². The normalized spacial score (nSPS) is 13.6. The molecule has 5 nitrogen and oxygen atoms in total. The molecule has 0 bridgehead atoms.